The average molecular weight is 212 g/mol. The number of aliphatic hydroxyl groups excluding tert-OH is 1. The third kappa shape index (κ3) is 3.18. The van der Waals surface area contributed by atoms with E-state index in [9.17, 15) is 9.90 Å². The number of rotatable bonds is 4. The van der Waals surface area contributed by atoms with Crippen LogP contribution in [0.3, 0.4) is 0 Å². The quantitative estimate of drug-likeness (QED) is 0.688. The summed E-state index contributed by atoms with van der Waals surface area (Å²) in [5.41, 5.74) is 0. The number of hydrogen-bond acceptors (Lipinski definition) is 3. The normalized spacial score (nSPS) is 27.7. The lowest BCUT2D eigenvalue weighted by Crippen LogP contribution is -2.39. The molecule has 2 aliphatic rings. The Morgan fingerprint density at radius 1 is 1.40 bits per heavy atom. The molecule has 4 nitrogen and oxygen atoms in total. The second-order valence-corrected chi connectivity index (χ2v) is 4.78. The van der Waals surface area contributed by atoms with E-state index in [1.807, 2.05) is 4.90 Å². The van der Waals surface area contributed by atoms with Gasteiger partial charge in [0.25, 0.3) is 0 Å². The maximum atomic E-state index is 11.5. The van der Waals surface area contributed by atoms with Crippen molar-refractivity contribution in [2.24, 2.45) is 5.92 Å². The summed E-state index contributed by atoms with van der Waals surface area (Å²) in [5, 5.41) is 12.3. The van der Waals surface area contributed by atoms with E-state index in [0.717, 1.165) is 25.4 Å². The van der Waals surface area contributed by atoms with E-state index in [1.54, 1.807) is 0 Å². The van der Waals surface area contributed by atoms with Crippen molar-refractivity contribution in [2.45, 2.75) is 31.8 Å². The van der Waals surface area contributed by atoms with Gasteiger partial charge in [-0.2, -0.15) is 0 Å². The van der Waals surface area contributed by atoms with E-state index in [4.69, 9.17) is 0 Å². The Balaban J connectivity index is 1.59. The Kier molecular flexibility index (Phi) is 3.59. The molecule has 1 heterocycles. The molecular weight excluding hydrogens is 192 g/mol. The van der Waals surface area contributed by atoms with E-state index in [0.29, 0.717) is 13.1 Å². The zero-order valence-corrected chi connectivity index (χ0v) is 9.11. The fourth-order valence-corrected chi connectivity index (χ4v) is 2.17. The fourth-order valence-electron chi connectivity index (χ4n) is 2.17. The minimum absolute atomic E-state index is 0.107. The average Bonchev–Trinajstić information content (AvgIpc) is 2.48. The molecule has 0 aromatic rings. The molecule has 2 fully saturated rings. The van der Waals surface area contributed by atoms with E-state index in [-0.39, 0.29) is 12.0 Å². The third-order valence-corrected chi connectivity index (χ3v) is 3.43. The molecule has 0 aromatic carbocycles. The topological polar surface area (TPSA) is 52.6 Å². The van der Waals surface area contributed by atoms with Crippen LogP contribution in [0.5, 0.6) is 0 Å². The van der Waals surface area contributed by atoms with Crippen LogP contribution in [-0.2, 0) is 4.79 Å². The molecule has 1 amide bonds. The number of nitrogens with one attached hydrogen (secondary N) is 1. The van der Waals surface area contributed by atoms with Crippen LogP contribution in [0.1, 0.15) is 25.7 Å². The van der Waals surface area contributed by atoms with Crippen molar-refractivity contribution in [3.8, 4) is 0 Å². The molecule has 86 valence electrons. The summed E-state index contributed by atoms with van der Waals surface area (Å²) in [6, 6.07) is 0. The van der Waals surface area contributed by atoms with Crippen LogP contribution >= 0.6 is 0 Å². The Morgan fingerprint density at radius 2 is 2.20 bits per heavy atom. The van der Waals surface area contributed by atoms with Crippen molar-refractivity contribution < 1.29 is 9.90 Å². The number of likely N-dealkylation sites (tertiary alicyclic amines) is 1. The van der Waals surface area contributed by atoms with Crippen molar-refractivity contribution in [1.82, 2.24) is 10.2 Å². The second-order valence-electron chi connectivity index (χ2n) is 4.78. The first kappa shape index (κ1) is 10.9. The van der Waals surface area contributed by atoms with Crippen LogP contribution in [0.2, 0.25) is 0 Å². The summed E-state index contributed by atoms with van der Waals surface area (Å²) in [5.74, 6) is 0.828. The highest BCUT2D eigenvalue weighted by Gasteiger charge is 2.23. The number of amides is 1. The lowest BCUT2D eigenvalue weighted by Gasteiger charge is -2.25. The van der Waals surface area contributed by atoms with Crippen LogP contribution in [-0.4, -0.2) is 48.2 Å². The minimum Gasteiger partial charge on any atom is -0.392 e. The van der Waals surface area contributed by atoms with Crippen LogP contribution in [0.25, 0.3) is 0 Å². The highest BCUT2D eigenvalue weighted by Crippen LogP contribution is 2.25. The van der Waals surface area contributed by atoms with Crippen LogP contribution in [0, 0.1) is 5.92 Å². The Bertz CT molecular complexity index is 229. The lowest BCUT2D eigenvalue weighted by molar-refractivity contribution is -0.122. The van der Waals surface area contributed by atoms with Gasteiger partial charge in [-0.3, -0.25) is 9.69 Å². The van der Waals surface area contributed by atoms with Gasteiger partial charge in [-0.25, -0.2) is 0 Å². The molecule has 1 aliphatic carbocycles. The van der Waals surface area contributed by atoms with Crippen molar-refractivity contribution in [3.05, 3.63) is 0 Å². The maximum Gasteiger partial charge on any atom is 0.234 e. The third-order valence-electron chi connectivity index (χ3n) is 3.43. The first-order chi connectivity index (χ1) is 7.24. The van der Waals surface area contributed by atoms with E-state index in [1.165, 1.54) is 19.3 Å². The SMILES string of the molecule is O=C(CN1CC[C@@H](O)C1)NCC1CCC1. The van der Waals surface area contributed by atoms with Crippen molar-refractivity contribution in [2.75, 3.05) is 26.2 Å². The standard InChI is InChI=1S/C11H20N2O2/c14-10-4-5-13(7-10)8-11(15)12-6-9-2-1-3-9/h9-10,14H,1-8H2,(H,12,15)/t10-/m1/s1. The highest BCUT2D eigenvalue weighted by molar-refractivity contribution is 5.78. The molecule has 4 heteroatoms. The summed E-state index contributed by atoms with van der Waals surface area (Å²) < 4.78 is 0. The highest BCUT2D eigenvalue weighted by atomic mass is 16.3. The smallest absolute Gasteiger partial charge is 0.234 e. The van der Waals surface area contributed by atoms with Crippen LogP contribution < -0.4 is 5.32 Å². The zero-order chi connectivity index (χ0) is 10.7. The van der Waals surface area contributed by atoms with Crippen molar-refractivity contribution >= 4 is 5.91 Å². The van der Waals surface area contributed by atoms with Gasteiger partial charge in [-0.1, -0.05) is 6.42 Å². The number of nitrogens with zero attached hydrogens (tertiary/aromatic N) is 1. The molecule has 0 radical (unpaired) electrons. The maximum absolute atomic E-state index is 11.5. The van der Waals surface area contributed by atoms with Crippen LogP contribution in [0.15, 0.2) is 0 Å². The number of hydrogen-bond donors (Lipinski definition) is 2. The van der Waals surface area contributed by atoms with Gasteiger partial charge in [0.1, 0.15) is 0 Å². The summed E-state index contributed by atoms with van der Waals surface area (Å²) in [6.07, 6.45) is 4.42. The number of aliphatic hydroxyl groups is 1. The van der Waals surface area contributed by atoms with Crippen molar-refractivity contribution in [1.29, 1.82) is 0 Å². The van der Waals surface area contributed by atoms with E-state index < -0.39 is 0 Å². The number of carbonyl (C=O) groups excluding carboxylic acids is 1. The molecule has 15 heavy (non-hydrogen) atoms. The Hall–Kier alpha value is -0.610. The van der Waals surface area contributed by atoms with Gasteiger partial charge in [-0.05, 0) is 25.2 Å². The molecule has 2 N–H and O–H groups in total. The molecule has 2 rings (SSSR count). The fraction of sp³-hybridized carbons (Fsp3) is 0.909. The molecule has 1 atom stereocenters. The van der Waals surface area contributed by atoms with Gasteiger partial charge < -0.3 is 10.4 Å². The van der Waals surface area contributed by atoms with Gasteiger partial charge in [0.15, 0.2) is 0 Å². The molecule has 1 saturated heterocycles. The Labute approximate surface area is 90.6 Å². The van der Waals surface area contributed by atoms with Gasteiger partial charge in [0, 0.05) is 19.6 Å². The molecule has 1 saturated carbocycles. The summed E-state index contributed by atoms with van der Waals surface area (Å²) in [6.45, 7) is 2.79. The lowest BCUT2D eigenvalue weighted by atomic mass is 9.85. The number of β-amino-alcohol motifs (C(OH)–C–C–N with tert-alkyl or cyclic N) is 1. The predicted molar refractivity (Wildman–Crippen MR) is 57.4 cm³/mol. The number of carbonyl (C=O) groups is 1. The molecule has 1 aliphatic heterocycles. The minimum atomic E-state index is -0.232. The van der Waals surface area contributed by atoms with E-state index >= 15 is 0 Å². The molecular formula is C11H20N2O2. The molecule has 0 spiro atoms. The first-order valence-corrected chi connectivity index (χ1v) is 5.91. The monoisotopic (exact) mass is 212 g/mol. The van der Waals surface area contributed by atoms with Gasteiger partial charge in [-0.15, -0.1) is 0 Å². The largest absolute Gasteiger partial charge is 0.392 e. The first-order valence-electron chi connectivity index (χ1n) is 5.91. The predicted octanol–water partition coefficient (Wildman–Crippen LogP) is -0.0307. The van der Waals surface area contributed by atoms with Crippen molar-refractivity contribution in [3.63, 3.8) is 0 Å². The summed E-state index contributed by atoms with van der Waals surface area (Å²) in [7, 11) is 0. The van der Waals surface area contributed by atoms with E-state index in [2.05, 4.69) is 5.32 Å². The summed E-state index contributed by atoms with van der Waals surface area (Å²) in [4.78, 5) is 13.5. The zero-order valence-electron chi connectivity index (χ0n) is 9.11. The molecule has 0 unspecified atom stereocenters. The second kappa shape index (κ2) is 4.94. The van der Waals surface area contributed by atoms with Crippen LogP contribution in [0.4, 0.5) is 0 Å². The molecule has 0 aromatic heterocycles. The summed E-state index contributed by atoms with van der Waals surface area (Å²) >= 11 is 0. The van der Waals surface area contributed by atoms with Gasteiger partial charge >= 0.3 is 0 Å². The molecule has 0 bridgehead atoms. The van der Waals surface area contributed by atoms with Gasteiger partial charge in [0.2, 0.25) is 5.91 Å². The Morgan fingerprint density at radius 3 is 2.73 bits per heavy atom. The van der Waals surface area contributed by atoms with Gasteiger partial charge in [0.05, 0.1) is 12.6 Å².